The van der Waals surface area contributed by atoms with Crippen molar-refractivity contribution < 1.29 is 19.4 Å². The molecular formula is C16H19N3O4. The molecule has 0 bridgehead atoms. The smallest absolute Gasteiger partial charge is 0.329 e. The van der Waals surface area contributed by atoms with Gasteiger partial charge in [-0.3, -0.25) is 4.79 Å². The zero-order valence-electron chi connectivity index (χ0n) is 13.1. The zero-order valence-corrected chi connectivity index (χ0v) is 13.1. The highest BCUT2D eigenvalue weighted by Gasteiger charge is 2.18. The van der Waals surface area contributed by atoms with Gasteiger partial charge >= 0.3 is 5.97 Å². The van der Waals surface area contributed by atoms with Crippen molar-refractivity contribution in [1.82, 2.24) is 15.1 Å². The molecule has 0 fully saturated rings. The van der Waals surface area contributed by atoms with Crippen LogP contribution in [0.15, 0.2) is 30.3 Å². The number of benzene rings is 1. The molecular weight excluding hydrogens is 298 g/mol. The SMILES string of the molecule is Cc1nn(-c2ccccc2)c(C)c1C(=O)NCCOCC(=O)O. The van der Waals surface area contributed by atoms with Crippen molar-refractivity contribution in [3.8, 4) is 5.69 Å². The van der Waals surface area contributed by atoms with E-state index >= 15 is 0 Å². The standard InChI is InChI=1S/C16H19N3O4/c1-11-15(16(22)17-8-9-23-10-14(20)21)12(2)19(18-11)13-6-4-3-5-7-13/h3-7H,8-10H2,1-2H3,(H,17,22)(H,20,21). The second kappa shape index (κ2) is 7.55. The van der Waals surface area contributed by atoms with Crippen molar-refractivity contribution in [2.24, 2.45) is 0 Å². The van der Waals surface area contributed by atoms with Crippen LogP contribution >= 0.6 is 0 Å². The topological polar surface area (TPSA) is 93.5 Å². The largest absolute Gasteiger partial charge is 0.480 e. The predicted octanol–water partition coefficient (Wildman–Crippen LogP) is 1.32. The third kappa shape index (κ3) is 4.17. The highest BCUT2D eigenvalue weighted by Crippen LogP contribution is 2.17. The summed E-state index contributed by atoms with van der Waals surface area (Å²) in [4.78, 5) is 22.6. The Morgan fingerprint density at radius 2 is 1.96 bits per heavy atom. The van der Waals surface area contributed by atoms with E-state index in [-0.39, 0.29) is 25.7 Å². The van der Waals surface area contributed by atoms with E-state index in [1.54, 1.807) is 11.6 Å². The van der Waals surface area contributed by atoms with Gasteiger partial charge in [0, 0.05) is 6.54 Å². The third-order valence-electron chi connectivity index (χ3n) is 3.28. The Hall–Kier alpha value is -2.67. The van der Waals surface area contributed by atoms with Crippen LogP contribution in [0.2, 0.25) is 0 Å². The number of aromatic nitrogens is 2. The lowest BCUT2D eigenvalue weighted by atomic mass is 10.2. The van der Waals surface area contributed by atoms with E-state index in [1.165, 1.54) is 0 Å². The molecule has 2 aromatic rings. The summed E-state index contributed by atoms with van der Waals surface area (Å²) in [6.07, 6.45) is 0. The maximum atomic E-state index is 12.3. The van der Waals surface area contributed by atoms with Gasteiger partial charge in [-0.15, -0.1) is 0 Å². The highest BCUT2D eigenvalue weighted by atomic mass is 16.5. The lowest BCUT2D eigenvalue weighted by Crippen LogP contribution is -2.28. The average molecular weight is 317 g/mol. The molecule has 23 heavy (non-hydrogen) atoms. The maximum absolute atomic E-state index is 12.3. The minimum absolute atomic E-state index is 0.142. The minimum atomic E-state index is -1.04. The molecule has 1 heterocycles. The van der Waals surface area contributed by atoms with Crippen molar-refractivity contribution in [3.63, 3.8) is 0 Å². The van der Waals surface area contributed by atoms with E-state index in [1.807, 2.05) is 37.3 Å². The molecule has 0 radical (unpaired) electrons. The van der Waals surface area contributed by atoms with Crippen LogP contribution in [0.5, 0.6) is 0 Å². The van der Waals surface area contributed by atoms with E-state index in [9.17, 15) is 9.59 Å². The van der Waals surface area contributed by atoms with Crippen LogP contribution in [0.4, 0.5) is 0 Å². The van der Waals surface area contributed by atoms with Gasteiger partial charge in [0.1, 0.15) is 6.61 Å². The van der Waals surface area contributed by atoms with Crippen molar-refractivity contribution >= 4 is 11.9 Å². The van der Waals surface area contributed by atoms with Crippen molar-refractivity contribution in [2.45, 2.75) is 13.8 Å². The van der Waals surface area contributed by atoms with Crippen LogP contribution in [0, 0.1) is 13.8 Å². The molecule has 0 aliphatic carbocycles. The van der Waals surface area contributed by atoms with Crippen LogP contribution < -0.4 is 5.32 Å². The lowest BCUT2D eigenvalue weighted by molar-refractivity contribution is -0.142. The first-order chi connectivity index (χ1) is 11.0. The zero-order chi connectivity index (χ0) is 16.8. The Balaban J connectivity index is 2.04. The highest BCUT2D eigenvalue weighted by molar-refractivity contribution is 5.96. The molecule has 2 rings (SSSR count). The Bertz CT molecular complexity index is 695. The Morgan fingerprint density at radius 3 is 2.61 bits per heavy atom. The molecule has 1 amide bonds. The lowest BCUT2D eigenvalue weighted by Gasteiger charge is -2.07. The number of aryl methyl sites for hydroxylation is 1. The van der Waals surface area contributed by atoms with Gasteiger partial charge in [0.05, 0.1) is 29.2 Å². The number of ether oxygens (including phenoxy) is 1. The van der Waals surface area contributed by atoms with Gasteiger partial charge in [0.2, 0.25) is 0 Å². The minimum Gasteiger partial charge on any atom is -0.480 e. The number of rotatable bonds is 7. The molecule has 1 aromatic heterocycles. The second-order valence-corrected chi connectivity index (χ2v) is 5.00. The van der Waals surface area contributed by atoms with Gasteiger partial charge in [0.25, 0.3) is 5.91 Å². The number of carboxylic acids is 1. The Labute approximate surface area is 133 Å². The molecule has 0 saturated carbocycles. The van der Waals surface area contributed by atoms with Crippen LogP contribution in [0.3, 0.4) is 0 Å². The van der Waals surface area contributed by atoms with Gasteiger partial charge in [-0.25, -0.2) is 9.48 Å². The van der Waals surface area contributed by atoms with Crippen molar-refractivity contribution in [3.05, 3.63) is 47.3 Å². The monoisotopic (exact) mass is 317 g/mol. The first-order valence-electron chi connectivity index (χ1n) is 7.20. The normalized spacial score (nSPS) is 10.5. The van der Waals surface area contributed by atoms with Crippen LogP contribution in [-0.4, -0.2) is 46.5 Å². The Kier molecular flexibility index (Phi) is 5.48. The van der Waals surface area contributed by atoms with E-state index in [0.717, 1.165) is 11.4 Å². The number of amides is 1. The summed E-state index contributed by atoms with van der Waals surface area (Å²) in [5, 5.41) is 15.6. The molecule has 122 valence electrons. The molecule has 2 N–H and O–H groups in total. The van der Waals surface area contributed by atoms with E-state index in [2.05, 4.69) is 10.4 Å². The van der Waals surface area contributed by atoms with E-state index in [0.29, 0.717) is 11.3 Å². The summed E-state index contributed by atoms with van der Waals surface area (Å²) in [5.41, 5.74) is 2.79. The average Bonchev–Trinajstić information content (AvgIpc) is 2.82. The fraction of sp³-hybridized carbons (Fsp3) is 0.312. The molecule has 7 nitrogen and oxygen atoms in total. The second-order valence-electron chi connectivity index (χ2n) is 5.00. The number of hydrogen-bond acceptors (Lipinski definition) is 4. The summed E-state index contributed by atoms with van der Waals surface area (Å²) in [5.74, 6) is -1.28. The van der Waals surface area contributed by atoms with Crippen LogP contribution in [0.1, 0.15) is 21.7 Å². The molecule has 7 heteroatoms. The first kappa shape index (κ1) is 16.7. The summed E-state index contributed by atoms with van der Waals surface area (Å²) in [6.45, 7) is 3.62. The number of nitrogens with one attached hydrogen (secondary N) is 1. The summed E-state index contributed by atoms with van der Waals surface area (Å²) < 4.78 is 6.61. The number of hydrogen-bond donors (Lipinski definition) is 2. The molecule has 0 aliphatic rings. The van der Waals surface area contributed by atoms with Crippen LogP contribution in [-0.2, 0) is 9.53 Å². The van der Waals surface area contributed by atoms with Crippen molar-refractivity contribution in [1.29, 1.82) is 0 Å². The molecule has 0 saturated heterocycles. The maximum Gasteiger partial charge on any atom is 0.329 e. The summed E-state index contributed by atoms with van der Waals surface area (Å²) in [6, 6.07) is 9.57. The predicted molar refractivity (Wildman–Crippen MR) is 83.8 cm³/mol. The Morgan fingerprint density at radius 1 is 1.26 bits per heavy atom. The third-order valence-corrected chi connectivity index (χ3v) is 3.28. The van der Waals surface area contributed by atoms with Crippen LogP contribution in [0.25, 0.3) is 5.69 Å². The number of carbonyl (C=O) groups excluding carboxylic acids is 1. The number of para-hydroxylation sites is 1. The quantitative estimate of drug-likeness (QED) is 0.751. The van der Waals surface area contributed by atoms with Gasteiger partial charge in [0.15, 0.2) is 0 Å². The van der Waals surface area contributed by atoms with E-state index < -0.39 is 5.97 Å². The molecule has 0 aliphatic heterocycles. The number of carboxylic acid groups (broad SMARTS) is 1. The van der Waals surface area contributed by atoms with Gasteiger partial charge < -0.3 is 15.2 Å². The first-order valence-corrected chi connectivity index (χ1v) is 7.20. The molecule has 1 aromatic carbocycles. The number of aliphatic carboxylic acids is 1. The van der Waals surface area contributed by atoms with Gasteiger partial charge in [-0.05, 0) is 26.0 Å². The number of carbonyl (C=O) groups is 2. The molecule has 0 unspecified atom stereocenters. The fourth-order valence-corrected chi connectivity index (χ4v) is 2.28. The summed E-state index contributed by atoms with van der Waals surface area (Å²) >= 11 is 0. The van der Waals surface area contributed by atoms with E-state index in [4.69, 9.17) is 9.84 Å². The van der Waals surface area contributed by atoms with Crippen molar-refractivity contribution in [2.75, 3.05) is 19.8 Å². The van der Waals surface area contributed by atoms with Gasteiger partial charge in [-0.2, -0.15) is 5.10 Å². The molecule has 0 atom stereocenters. The number of nitrogens with zero attached hydrogens (tertiary/aromatic N) is 2. The summed E-state index contributed by atoms with van der Waals surface area (Å²) in [7, 11) is 0. The molecule has 0 spiro atoms. The van der Waals surface area contributed by atoms with Gasteiger partial charge in [-0.1, -0.05) is 18.2 Å². The fourth-order valence-electron chi connectivity index (χ4n) is 2.28.